The second-order valence-electron chi connectivity index (χ2n) is 8.04. The van der Waals surface area contributed by atoms with Gasteiger partial charge in [-0.2, -0.15) is 0 Å². The zero-order valence-corrected chi connectivity index (χ0v) is 18.0. The lowest BCUT2D eigenvalue weighted by Crippen LogP contribution is -2.37. The Bertz CT molecular complexity index is 1210. The SMILES string of the molecule is COc1ccc2[nH]cc(C3CCN(C(=O)c4ccc(Oc5cccnc5)cc4)CC3)c2c1. The van der Waals surface area contributed by atoms with Gasteiger partial charge in [0.1, 0.15) is 17.2 Å². The van der Waals surface area contributed by atoms with E-state index < -0.39 is 0 Å². The molecule has 0 saturated carbocycles. The largest absolute Gasteiger partial charge is 0.497 e. The number of nitrogens with one attached hydrogen (secondary N) is 1. The minimum Gasteiger partial charge on any atom is -0.497 e. The molecule has 0 aliphatic carbocycles. The topological polar surface area (TPSA) is 67.5 Å². The lowest BCUT2D eigenvalue weighted by atomic mass is 9.89. The highest BCUT2D eigenvalue weighted by atomic mass is 16.5. The van der Waals surface area contributed by atoms with Gasteiger partial charge in [0, 0.05) is 41.9 Å². The van der Waals surface area contributed by atoms with Gasteiger partial charge in [0.25, 0.3) is 5.91 Å². The van der Waals surface area contributed by atoms with E-state index in [0.717, 1.165) is 37.2 Å². The fourth-order valence-corrected chi connectivity index (χ4v) is 4.37. The van der Waals surface area contributed by atoms with Crippen molar-refractivity contribution in [1.82, 2.24) is 14.9 Å². The molecular formula is C26H25N3O3. The van der Waals surface area contributed by atoms with Crippen molar-refractivity contribution in [2.24, 2.45) is 0 Å². The van der Waals surface area contributed by atoms with E-state index in [1.54, 1.807) is 19.5 Å². The number of nitrogens with zero attached hydrogens (tertiary/aromatic N) is 2. The number of carbonyl (C=O) groups excluding carboxylic acids is 1. The molecule has 2 aromatic carbocycles. The van der Waals surface area contributed by atoms with Crippen LogP contribution in [0, 0.1) is 0 Å². The van der Waals surface area contributed by atoms with Gasteiger partial charge in [-0.05, 0) is 78.9 Å². The molecule has 1 fully saturated rings. The number of benzene rings is 2. The van der Waals surface area contributed by atoms with Crippen LogP contribution in [0.15, 0.2) is 73.2 Å². The number of amides is 1. The van der Waals surface area contributed by atoms with Crippen molar-refractivity contribution in [2.75, 3.05) is 20.2 Å². The number of piperidine rings is 1. The van der Waals surface area contributed by atoms with Gasteiger partial charge in [0.05, 0.1) is 13.3 Å². The average Bonchev–Trinajstić information content (AvgIpc) is 3.28. The number of fused-ring (bicyclic) bond motifs is 1. The molecule has 5 rings (SSSR count). The molecule has 0 spiro atoms. The first-order valence-corrected chi connectivity index (χ1v) is 10.8. The van der Waals surface area contributed by atoms with Gasteiger partial charge >= 0.3 is 0 Å². The second kappa shape index (κ2) is 8.75. The maximum atomic E-state index is 13.0. The maximum absolute atomic E-state index is 13.0. The minimum absolute atomic E-state index is 0.0666. The number of carbonyl (C=O) groups is 1. The number of likely N-dealkylation sites (tertiary alicyclic amines) is 1. The number of H-pyrrole nitrogens is 1. The van der Waals surface area contributed by atoms with E-state index in [0.29, 0.717) is 23.0 Å². The van der Waals surface area contributed by atoms with Crippen LogP contribution in [0.25, 0.3) is 10.9 Å². The molecular weight excluding hydrogens is 402 g/mol. The normalized spacial score (nSPS) is 14.5. The first-order valence-electron chi connectivity index (χ1n) is 10.8. The van der Waals surface area contributed by atoms with Crippen LogP contribution in [-0.4, -0.2) is 41.0 Å². The van der Waals surface area contributed by atoms with Crippen LogP contribution in [0.4, 0.5) is 0 Å². The fourth-order valence-electron chi connectivity index (χ4n) is 4.37. The lowest BCUT2D eigenvalue weighted by Gasteiger charge is -2.32. The summed E-state index contributed by atoms with van der Waals surface area (Å²) < 4.78 is 11.2. The van der Waals surface area contributed by atoms with Crippen molar-refractivity contribution in [3.05, 3.63) is 84.3 Å². The fraction of sp³-hybridized carbons (Fsp3) is 0.231. The average molecular weight is 428 g/mol. The molecule has 0 unspecified atom stereocenters. The van der Waals surface area contributed by atoms with Gasteiger partial charge in [-0.1, -0.05) is 0 Å². The Hall–Kier alpha value is -3.80. The Balaban J connectivity index is 1.23. The number of pyridine rings is 1. The molecule has 4 aromatic rings. The van der Waals surface area contributed by atoms with Crippen molar-refractivity contribution in [3.63, 3.8) is 0 Å². The van der Waals surface area contributed by atoms with Crippen LogP contribution in [0.1, 0.15) is 34.7 Å². The zero-order chi connectivity index (χ0) is 21.9. The smallest absolute Gasteiger partial charge is 0.253 e. The molecule has 162 valence electrons. The Morgan fingerprint density at radius 3 is 2.53 bits per heavy atom. The van der Waals surface area contributed by atoms with Crippen molar-refractivity contribution in [3.8, 4) is 17.2 Å². The van der Waals surface area contributed by atoms with E-state index in [1.807, 2.05) is 47.4 Å². The van der Waals surface area contributed by atoms with Gasteiger partial charge in [-0.15, -0.1) is 0 Å². The van der Waals surface area contributed by atoms with E-state index in [4.69, 9.17) is 9.47 Å². The van der Waals surface area contributed by atoms with Crippen LogP contribution in [-0.2, 0) is 0 Å². The first kappa shape index (κ1) is 20.1. The Morgan fingerprint density at radius 1 is 1.03 bits per heavy atom. The summed E-state index contributed by atoms with van der Waals surface area (Å²) in [6.07, 6.45) is 7.35. The van der Waals surface area contributed by atoms with E-state index in [2.05, 4.69) is 28.3 Å². The summed E-state index contributed by atoms with van der Waals surface area (Å²) in [5.74, 6) is 2.71. The Labute approximate surface area is 186 Å². The minimum atomic E-state index is 0.0666. The summed E-state index contributed by atoms with van der Waals surface area (Å²) in [7, 11) is 1.69. The summed E-state index contributed by atoms with van der Waals surface area (Å²) in [6.45, 7) is 1.49. The lowest BCUT2D eigenvalue weighted by molar-refractivity contribution is 0.0713. The predicted octanol–water partition coefficient (Wildman–Crippen LogP) is 5.38. The highest BCUT2D eigenvalue weighted by molar-refractivity contribution is 5.94. The van der Waals surface area contributed by atoms with Crippen molar-refractivity contribution in [1.29, 1.82) is 0 Å². The third-order valence-electron chi connectivity index (χ3n) is 6.11. The van der Waals surface area contributed by atoms with E-state index in [1.165, 1.54) is 10.9 Å². The van der Waals surface area contributed by atoms with Crippen LogP contribution in [0.5, 0.6) is 17.2 Å². The van der Waals surface area contributed by atoms with Gasteiger partial charge < -0.3 is 19.4 Å². The molecule has 2 aromatic heterocycles. The number of hydrogen-bond donors (Lipinski definition) is 1. The number of hydrogen-bond acceptors (Lipinski definition) is 4. The van der Waals surface area contributed by atoms with Gasteiger partial charge in [0.2, 0.25) is 0 Å². The quantitative estimate of drug-likeness (QED) is 0.464. The number of ether oxygens (including phenoxy) is 2. The van der Waals surface area contributed by atoms with E-state index >= 15 is 0 Å². The first-order chi connectivity index (χ1) is 15.7. The van der Waals surface area contributed by atoms with E-state index in [-0.39, 0.29) is 5.91 Å². The van der Waals surface area contributed by atoms with Gasteiger partial charge in [-0.25, -0.2) is 0 Å². The van der Waals surface area contributed by atoms with Gasteiger partial charge in [0.15, 0.2) is 0 Å². The number of aromatic amines is 1. The molecule has 6 heteroatoms. The summed E-state index contributed by atoms with van der Waals surface area (Å²) >= 11 is 0. The monoisotopic (exact) mass is 427 g/mol. The molecule has 1 saturated heterocycles. The standard InChI is InChI=1S/C26H25N3O3/c1-31-21-8-9-25-23(15-21)24(17-28-25)18-10-13-29(14-11-18)26(30)19-4-6-20(7-5-19)32-22-3-2-12-27-16-22/h2-9,12,15-18,28H,10-11,13-14H2,1H3. The van der Waals surface area contributed by atoms with Crippen LogP contribution in [0.3, 0.4) is 0 Å². The zero-order valence-electron chi connectivity index (χ0n) is 18.0. The third-order valence-corrected chi connectivity index (χ3v) is 6.11. The Kier molecular flexibility index (Phi) is 5.50. The second-order valence-corrected chi connectivity index (χ2v) is 8.04. The third kappa shape index (κ3) is 4.04. The van der Waals surface area contributed by atoms with Crippen LogP contribution < -0.4 is 9.47 Å². The molecule has 0 atom stereocenters. The highest BCUT2D eigenvalue weighted by Gasteiger charge is 2.26. The van der Waals surface area contributed by atoms with Gasteiger partial charge in [-0.3, -0.25) is 9.78 Å². The summed E-state index contributed by atoms with van der Waals surface area (Å²) in [4.78, 5) is 22.4. The summed E-state index contributed by atoms with van der Waals surface area (Å²) in [5, 5.41) is 1.21. The molecule has 1 aliphatic heterocycles. The predicted molar refractivity (Wildman–Crippen MR) is 123 cm³/mol. The molecule has 6 nitrogen and oxygen atoms in total. The van der Waals surface area contributed by atoms with E-state index in [9.17, 15) is 4.79 Å². The molecule has 1 N–H and O–H groups in total. The van der Waals surface area contributed by atoms with Crippen molar-refractivity contribution in [2.45, 2.75) is 18.8 Å². The molecule has 1 aliphatic rings. The highest BCUT2D eigenvalue weighted by Crippen LogP contribution is 2.35. The van der Waals surface area contributed by atoms with Crippen LogP contribution in [0.2, 0.25) is 0 Å². The summed E-state index contributed by atoms with van der Waals surface area (Å²) in [5.41, 5.74) is 3.11. The molecule has 3 heterocycles. The number of aromatic nitrogens is 2. The van der Waals surface area contributed by atoms with Crippen LogP contribution >= 0.6 is 0 Å². The number of methoxy groups -OCH3 is 1. The number of rotatable bonds is 5. The van der Waals surface area contributed by atoms with Crippen molar-refractivity contribution < 1.29 is 14.3 Å². The molecule has 1 amide bonds. The Morgan fingerprint density at radius 2 is 1.81 bits per heavy atom. The van der Waals surface area contributed by atoms with Crippen molar-refractivity contribution >= 4 is 16.8 Å². The molecule has 32 heavy (non-hydrogen) atoms. The molecule has 0 radical (unpaired) electrons. The maximum Gasteiger partial charge on any atom is 0.253 e. The summed E-state index contributed by atoms with van der Waals surface area (Å²) in [6, 6.07) is 17.1. The molecule has 0 bridgehead atoms.